The number of rotatable bonds is 8. The van der Waals surface area contributed by atoms with Gasteiger partial charge in [0.25, 0.3) is 0 Å². The van der Waals surface area contributed by atoms with Crippen LogP contribution in [-0.2, 0) is 4.79 Å². The van der Waals surface area contributed by atoms with Crippen molar-refractivity contribution < 1.29 is 14.3 Å². The average molecular weight is 303 g/mol. The fraction of sp³-hybridized carbons (Fsp3) is 0.500. The molecule has 2 N–H and O–H groups in total. The maximum absolute atomic E-state index is 11.6. The second-order valence-electron chi connectivity index (χ2n) is 4.23. The molecule has 0 aliphatic heterocycles. The van der Waals surface area contributed by atoms with Gasteiger partial charge < -0.3 is 20.1 Å². The normalized spacial score (nSPS) is 9.55. The standard InChI is InChI=1S/C14H22N2O3.ClH/c1-16(14(17)4-3-9-15)10-11-19-13-7-5-12(18-2)6-8-13;/h5-8H,3-4,9-11,15H2,1-2H3;1H. The van der Waals surface area contributed by atoms with Gasteiger partial charge in [-0.1, -0.05) is 0 Å². The van der Waals surface area contributed by atoms with Crippen LogP contribution in [0.5, 0.6) is 11.5 Å². The minimum absolute atomic E-state index is 0. The van der Waals surface area contributed by atoms with E-state index in [1.165, 1.54) is 0 Å². The van der Waals surface area contributed by atoms with E-state index in [4.69, 9.17) is 15.2 Å². The zero-order valence-corrected chi connectivity index (χ0v) is 12.8. The van der Waals surface area contributed by atoms with E-state index in [1.807, 2.05) is 24.3 Å². The summed E-state index contributed by atoms with van der Waals surface area (Å²) in [5.41, 5.74) is 5.37. The fourth-order valence-corrected chi connectivity index (χ4v) is 1.54. The van der Waals surface area contributed by atoms with E-state index in [1.54, 1.807) is 19.1 Å². The highest BCUT2D eigenvalue weighted by Gasteiger charge is 2.07. The van der Waals surface area contributed by atoms with Crippen molar-refractivity contribution in [2.45, 2.75) is 12.8 Å². The highest BCUT2D eigenvalue weighted by Crippen LogP contribution is 2.16. The van der Waals surface area contributed by atoms with Crippen molar-refractivity contribution in [1.82, 2.24) is 4.90 Å². The maximum Gasteiger partial charge on any atom is 0.222 e. The Kier molecular flexibility index (Phi) is 9.59. The number of carbonyl (C=O) groups is 1. The SMILES string of the molecule is COc1ccc(OCCN(C)C(=O)CCCN)cc1.Cl. The lowest BCUT2D eigenvalue weighted by Crippen LogP contribution is -2.31. The largest absolute Gasteiger partial charge is 0.497 e. The van der Waals surface area contributed by atoms with Gasteiger partial charge in [0.1, 0.15) is 18.1 Å². The van der Waals surface area contributed by atoms with Crippen LogP contribution in [0.2, 0.25) is 0 Å². The molecule has 20 heavy (non-hydrogen) atoms. The van der Waals surface area contributed by atoms with Crippen LogP contribution in [0.1, 0.15) is 12.8 Å². The van der Waals surface area contributed by atoms with Gasteiger partial charge in [0.2, 0.25) is 5.91 Å². The number of methoxy groups -OCH3 is 1. The molecule has 1 aromatic carbocycles. The minimum atomic E-state index is 0. The van der Waals surface area contributed by atoms with E-state index in [-0.39, 0.29) is 18.3 Å². The number of ether oxygens (including phenoxy) is 2. The van der Waals surface area contributed by atoms with Crippen LogP contribution in [-0.4, -0.2) is 44.7 Å². The van der Waals surface area contributed by atoms with Gasteiger partial charge in [0, 0.05) is 13.5 Å². The zero-order chi connectivity index (χ0) is 14.1. The molecule has 0 fully saturated rings. The monoisotopic (exact) mass is 302 g/mol. The molecule has 0 heterocycles. The summed E-state index contributed by atoms with van der Waals surface area (Å²) in [6.45, 7) is 1.58. The van der Waals surface area contributed by atoms with Gasteiger partial charge in [-0.2, -0.15) is 0 Å². The molecule has 0 aromatic heterocycles. The Morgan fingerprint density at radius 1 is 1.25 bits per heavy atom. The lowest BCUT2D eigenvalue weighted by Gasteiger charge is -2.17. The first kappa shape index (κ1) is 18.5. The molecule has 0 bridgehead atoms. The van der Waals surface area contributed by atoms with Crippen LogP contribution in [0, 0.1) is 0 Å². The first-order chi connectivity index (χ1) is 9.17. The van der Waals surface area contributed by atoms with Crippen molar-refractivity contribution in [3.63, 3.8) is 0 Å². The minimum Gasteiger partial charge on any atom is -0.497 e. The first-order valence-corrected chi connectivity index (χ1v) is 6.38. The number of nitrogens with zero attached hydrogens (tertiary/aromatic N) is 1. The number of hydrogen-bond acceptors (Lipinski definition) is 4. The van der Waals surface area contributed by atoms with Crippen LogP contribution >= 0.6 is 12.4 Å². The Morgan fingerprint density at radius 3 is 2.40 bits per heavy atom. The van der Waals surface area contributed by atoms with Crippen molar-refractivity contribution in [2.24, 2.45) is 5.73 Å². The van der Waals surface area contributed by atoms with Crippen molar-refractivity contribution >= 4 is 18.3 Å². The molecule has 5 nitrogen and oxygen atoms in total. The van der Waals surface area contributed by atoms with Crippen molar-refractivity contribution in [3.05, 3.63) is 24.3 Å². The number of benzene rings is 1. The van der Waals surface area contributed by atoms with E-state index in [0.717, 1.165) is 17.9 Å². The summed E-state index contributed by atoms with van der Waals surface area (Å²) >= 11 is 0. The van der Waals surface area contributed by atoms with Crippen molar-refractivity contribution in [1.29, 1.82) is 0 Å². The molecule has 1 aromatic rings. The van der Waals surface area contributed by atoms with E-state index in [0.29, 0.717) is 26.1 Å². The molecule has 0 unspecified atom stereocenters. The van der Waals surface area contributed by atoms with E-state index in [9.17, 15) is 4.79 Å². The first-order valence-electron chi connectivity index (χ1n) is 6.38. The predicted octanol–water partition coefficient (Wildman–Crippen LogP) is 1.69. The molecule has 1 amide bonds. The Labute approximate surface area is 126 Å². The highest BCUT2D eigenvalue weighted by molar-refractivity contribution is 5.85. The topological polar surface area (TPSA) is 64.8 Å². The zero-order valence-electron chi connectivity index (χ0n) is 12.0. The Balaban J connectivity index is 0.00000361. The Bertz CT molecular complexity index is 385. The van der Waals surface area contributed by atoms with Crippen LogP contribution in [0.25, 0.3) is 0 Å². The molecule has 0 atom stereocenters. The van der Waals surface area contributed by atoms with Crippen molar-refractivity contribution in [3.8, 4) is 11.5 Å². The molecule has 0 saturated carbocycles. The van der Waals surface area contributed by atoms with E-state index >= 15 is 0 Å². The molecule has 0 aliphatic carbocycles. The average Bonchev–Trinajstić information content (AvgIpc) is 2.45. The van der Waals surface area contributed by atoms with E-state index in [2.05, 4.69) is 0 Å². The van der Waals surface area contributed by atoms with Gasteiger partial charge in [-0.15, -0.1) is 12.4 Å². The lowest BCUT2D eigenvalue weighted by molar-refractivity contribution is -0.130. The number of hydrogen-bond donors (Lipinski definition) is 1. The summed E-state index contributed by atoms with van der Waals surface area (Å²) in [7, 11) is 3.40. The predicted molar refractivity (Wildman–Crippen MR) is 81.7 cm³/mol. The van der Waals surface area contributed by atoms with Gasteiger partial charge in [-0.3, -0.25) is 4.79 Å². The summed E-state index contributed by atoms with van der Waals surface area (Å²) in [4.78, 5) is 13.3. The highest BCUT2D eigenvalue weighted by atomic mass is 35.5. The summed E-state index contributed by atoms with van der Waals surface area (Å²) in [6.07, 6.45) is 1.22. The Hall–Kier alpha value is -1.46. The second kappa shape index (κ2) is 10.3. The van der Waals surface area contributed by atoms with Gasteiger partial charge in [-0.05, 0) is 37.2 Å². The number of halogens is 1. The molecular formula is C14H23ClN2O3. The molecule has 0 spiro atoms. The molecule has 0 saturated heterocycles. The van der Waals surface area contributed by atoms with Crippen LogP contribution in [0.15, 0.2) is 24.3 Å². The van der Waals surface area contributed by atoms with Crippen LogP contribution in [0.4, 0.5) is 0 Å². The summed E-state index contributed by atoms with van der Waals surface area (Å²) < 4.78 is 10.6. The van der Waals surface area contributed by atoms with Gasteiger partial charge in [0.05, 0.1) is 13.7 Å². The Morgan fingerprint density at radius 2 is 1.85 bits per heavy atom. The third-order valence-corrected chi connectivity index (χ3v) is 2.78. The number of likely N-dealkylation sites (N-methyl/N-ethyl adjacent to an activating group) is 1. The van der Waals surface area contributed by atoms with Gasteiger partial charge in [-0.25, -0.2) is 0 Å². The summed E-state index contributed by atoms with van der Waals surface area (Å²) in [5.74, 6) is 1.66. The molecule has 1 rings (SSSR count). The fourth-order valence-electron chi connectivity index (χ4n) is 1.54. The lowest BCUT2D eigenvalue weighted by atomic mass is 10.3. The summed E-state index contributed by atoms with van der Waals surface area (Å²) in [5, 5.41) is 0. The third kappa shape index (κ3) is 6.63. The van der Waals surface area contributed by atoms with E-state index < -0.39 is 0 Å². The molecular weight excluding hydrogens is 280 g/mol. The number of nitrogens with two attached hydrogens (primary N) is 1. The van der Waals surface area contributed by atoms with Gasteiger partial charge in [0.15, 0.2) is 0 Å². The smallest absolute Gasteiger partial charge is 0.222 e. The number of carbonyl (C=O) groups excluding carboxylic acids is 1. The van der Waals surface area contributed by atoms with Crippen LogP contribution in [0.3, 0.4) is 0 Å². The third-order valence-electron chi connectivity index (χ3n) is 2.78. The van der Waals surface area contributed by atoms with Crippen LogP contribution < -0.4 is 15.2 Å². The molecule has 6 heteroatoms. The quantitative estimate of drug-likeness (QED) is 0.794. The summed E-state index contributed by atoms with van der Waals surface area (Å²) in [6, 6.07) is 7.36. The van der Waals surface area contributed by atoms with Gasteiger partial charge >= 0.3 is 0 Å². The molecule has 0 radical (unpaired) electrons. The second-order valence-corrected chi connectivity index (χ2v) is 4.23. The molecule has 0 aliphatic rings. The van der Waals surface area contributed by atoms with Crippen molar-refractivity contribution in [2.75, 3.05) is 33.9 Å². The molecule has 114 valence electrons. The maximum atomic E-state index is 11.6. The number of amides is 1.